The van der Waals surface area contributed by atoms with Crippen LogP contribution in [0.15, 0.2) is 24.3 Å². The van der Waals surface area contributed by atoms with E-state index in [0.717, 1.165) is 24.8 Å². The zero-order valence-corrected chi connectivity index (χ0v) is 16.3. The average Bonchev–Trinajstić information content (AvgIpc) is 2.52. The fourth-order valence-corrected chi connectivity index (χ4v) is 4.09. The van der Waals surface area contributed by atoms with Gasteiger partial charge in [-0.25, -0.2) is 13.2 Å². The summed E-state index contributed by atoms with van der Waals surface area (Å²) in [6, 6.07) is 6.85. The Hall–Kier alpha value is -1.89. The molecular formula is C19H27NO5S. The van der Waals surface area contributed by atoms with Gasteiger partial charge in [-0.3, -0.25) is 4.79 Å². The number of rotatable bonds is 6. The van der Waals surface area contributed by atoms with Gasteiger partial charge in [-0.2, -0.15) is 0 Å². The molecule has 1 aliphatic rings. The van der Waals surface area contributed by atoms with Gasteiger partial charge in [0.05, 0.1) is 4.75 Å². The number of aryl methyl sites for hydroxylation is 1. The van der Waals surface area contributed by atoms with Gasteiger partial charge in [0.15, 0.2) is 9.84 Å². The Bertz CT molecular complexity index is 779. The fourth-order valence-electron chi connectivity index (χ4n) is 3.23. The Kier molecular flexibility index (Phi) is 6.11. The van der Waals surface area contributed by atoms with Crippen molar-refractivity contribution in [2.75, 3.05) is 5.75 Å². The second-order valence-electron chi connectivity index (χ2n) is 7.85. The van der Waals surface area contributed by atoms with Crippen LogP contribution < -0.4 is 5.32 Å². The molecule has 0 aromatic heterocycles. The normalized spacial score (nSPS) is 18.7. The maximum atomic E-state index is 12.2. The summed E-state index contributed by atoms with van der Waals surface area (Å²) in [5, 5.41) is 11.9. The highest BCUT2D eigenvalue weighted by Gasteiger charge is 2.33. The minimum Gasteiger partial charge on any atom is -0.480 e. The zero-order valence-electron chi connectivity index (χ0n) is 15.5. The third-order valence-corrected chi connectivity index (χ3v) is 7.41. The highest BCUT2D eigenvalue weighted by atomic mass is 32.2. The number of benzene rings is 1. The molecule has 2 unspecified atom stereocenters. The molecule has 0 heterocycles. The monoisotopic (exact) mass is 381 g/mol. The molecule has 1 amide bonds. The van der Waals surface area contributed by atoms with Crippen molar-refractivity contribution in [2.24, 2.45) is 0 Å². The van der Waals surface area contributed by atoms with E-state index in [0.29, 0.717) is 0 Å². The van der Waals surface area contributed by atoms with Crippen molar-refractivity contribution in [2.45, 2.75) is 63.2 Å². The smallest absolute Gasteiger partial charge is 0.326 e. The minimum absolute atomic E-state index is 0.0422. The summed E-state index contributed by atoms with van der Waals surface area (Å²) in [7, 11) is -3.65. The molecule has 0 spiro atoms. The summed E-state index contributed by atoms with van der Waals surface area (Å²) in [5.74, 6) is -2.58. The molecule has 1 aromatic carbocycles. The van der Waals surface area contributed by atoms with E-state index < -0.39 is 38.3 Å². The van der Waals surface area contributed by atoms with Crippen molar-refractivity contribution in [3.05, 3.63) is 35.4 Å². The highest BCUT2D eigenvalue weighted by Crippen LogP contribution is 2.34. The molecule has 0 radical (unpaired) electrons. The number of carbonyl (C=O) groups is 2. The van der Waals surface area contributed by atoms with E-state index >= 15 is 0 Å². The number of amides is 1. The second-order valence-corrected chi connectivity index (χ2v) is 10.6. The maximum absolute atomic E-state index is 12.2. The molecule has 7 heteroatoms. The molecule has 0 saturated heterocycles. The third kappa shape index (κ3) is 4.84. The Morgan fingerprint density at radius 2 is 1.92 bits per heavy atom. The van der Waals surface area contributed by atoms with Gasteiger partial charge in [0.2, 0.25) is 5.91 Å². The molecule has 2 atom stereocenters. The number of carboxylic acids is 1. The van der Waals surface area contributed by atoms with Gasteiger partial charge in [-0.15, -0.1) is 0 Å². The first-order valence-corrected chi connectivity index (χ1v) is 10.5. The molecule has 0 fully saturated rings. The van der Waals surface area contributed by atoms with Gasteiger partial charge in [0.1, 0.15) is 11.8 Å². The van der Waals surface area contributed by atoms with Gasteiger partial charge in [-0.1, -0.05) is 24.3 Å². The van der Waals surface area contributed by atoms with Crippen molar-refractivity contribution in [1.29, 1.82) is 0 Å². The fraction of sp³-hybridized carbons (Fsp3) is 0.579. The number of aliphatic carboxylic acids is 1. The van der Waals surface area contributed by atoms with Gasteiger partial charge in [0, 0.05) is 0 Å². The summed E-state index contributed by atoms with van der Waals surface area (Å²) < 4.78 is 23.3. The first kappa shape index (κ1) is 20.4. The van der Waals surface area contributed by atoms with Crippen LogP contribution >= 0.6 is 0 Å². The lowest BCUT2D eigenvalue weighted by atomic mass is 9.79. The SMILES string of the molecule is CC(C)(C)S(=O)(=O)CC(=O)NC(CC1CCCc2ccccc21)C(=O)O. The Labute approximate surface area is 154 Å². The maximum Gasteiger partial charge on any atom is 0.326 e. The molecular weight excluding hydrogens is 354 g/mol. The molecule has 2 rings (SSSR count). The minimum atomic E-state index is -3.65. The lowest BCUT2D eigenvalue weighted by molar-refractivity contribution is -0.141. The van der Waals surface area contributed by atoms with Crippen LogP contribution in [-0.2, 0) is 25.8 Å². The molecule has 1 aliphatic carbocycles. The van der Waals surface area contributed by atoms with E-state index in [1.165, 1.54) is 26.3 Å². The van der Waals surface area contributed by atoms with Crippen molar-refractivity contribution in [3.8, 4) is 0 Å². The van der Waals surface area contributed by atoms with E-state index in [1.54, 1.807) is 0 Å². The summed E-state index contributed by atoms with van der Waals surface area (Å²) in [5.41, 5.74) is 2.34. The van der Waals surface area contributed by atoms with Crippen LogP contribution in [0.3, 0.4) is 0 Å². The molecule has 0 saturated carbocycles. The number of hydrogen-bond acceptors (Lipinski definition) is 4. The van der Waals surface area contributed by atoms with Crippen LogP contribution in [0.1, 0.15) is 57.1 Å². The largest absolute Gasteiger partial charge is 0.480 e. The van der Waals surface area contributed by atoms with Crippen LogP contribution in [0.4, 0.5) is 0 Å². The van der Waals surface area contributed by atoms with E-state index in [9.17, 15) is 23.1 Å². The predicted octanol–water partition coefficient (Wildman–Crippen LogP) is 2.28. The van der Waals surface area contributed by atoms with Gasteiger partial charge in [-0.05, 0) is 63.5 Å². The van der Waals surface area contributed by atoms with Crippen molar-refractivity contribution in [3.63, 3.8) is 0 Å². The highest BCUT2D eigenvalue weighted by molar-refractivity contribution is 7.93. The predicted molar refractivity (Wildman–Crippen MR) is 99.8 cm³/mol. The summed E-state index contributed by atoms with van der Waals surface area (Å²) in [4.78, 5) is 23.8. The van der Waals surface area contributed by atoms with Gasteiger partial charge in [0.25, 0.3) is 0 Å². The Balaban J connectivity index is 2.09. The first-order valence-electron chi connectivity index (χ1n) is 8.83. The average molecular weight is 381 g/mol. The molecule has 1 aromatic rings. The molecule has 2 N–H and O–H groups in total. The Morgan fingerprint density at radius 3 is 2.54 bits per heavy atom. The zero-order chi connectivity index (χ0) is 19.5. The molecule has 0 aliphatic heterocycles. The molecule has 6 nitrogen and oxygen atoms in total. The van der Waals surface area contributed by atoms with Crippen molar-refractivity contribution in [1.82, 2.24) is 5.32 Å². The second kappa shape index (κ2) is 7.78. The van der Waals surface area contributed by atoms with E-state index in [1.807, 2.05) is 24.3 Å². The number of fused-ring (bicyclic) bond motifs is 1. The van der Waals surface area contributed by atoms with Crippen molar-refractivity contribution < 1.29 is 23.1 Å². The Morgan fingerprint density at radius 1 is 1.27 bits per heavy atom. The summed E-state index contributed by atoms with van der Waals surface area (Å²) in [6.45, 7) is 4.55. The topological polar surface area (TPSA) is 101 Å². The van der Waals surface area contributed by atoms with Crippen LogP contribution in [0.25, 0.3) is 0 Å². The van der Waals surface area contributed by atoms with E-state index in [4.69, 9.17) is 0 Å². The number of carboxylic acid groups (broad SMARTS) is 1. The number of hydrogen-bond donors (Lipinski definition) is 2. The van der Waals surface area contributed by atoms with Crippen molar-refractivity contribution >= 4 is 21.7 Å². The quantitative estimate of drug-likeness (QED) is 0.787. The first-order chi connectivity index (χ1) is 12.0. The number of nitrogens with one attached hydrogen (secondary N) is 1. The van der Waals surface area contributed by atoms with Crippen LogP contribution in [0.5, 0.6) is 0 Å². The number of sulfone groups is 1. The molecule has 0 bridgehead atoms. The van der Waals surface area contributed by atoms with E-state index in [2.05, 4.69) is 5.32 Å². The third-order valence-electron chi connectivity index (χ3n) is 4.90. The summed E-state index contributed by atoms with van der Waals surface area (Å²) >= 11 is 0. The molecule has 26 heavy (non-hydrogen) atoms. The van der Waals surface area contributed by atoms with E-state index in [-0.39, 0.29) is 12.3 Å². The lowest BCUT2D eigenvalue weighted by Gasteiger charge is -2.28. The standard InChI is InChI=1S/C19H27NO5S/c1-19(2,3)26(24,25)12-17(21)20-16(18(22)23)11-14-9-6-8-13-7-4-5-10-15(13)14/h4-5,7,10,14,16H,6,8-9,11-12H2,1-3H3,(H,20,21)(H,22,23). The van der Waals surface area contributed by atoms with Crippen LogP contribution in [0, 0.1) is 0 Å². The lowest BCUT2D eigenvalue weighted by Crippen LogP contribution is -2.46. The van der Waals surface area contributed by atoms with Crippen LogP contribution in [0.2, 0.25) is 0 Å². The summed E-state index contributed by atoms with van der Waals surface area (Å²) in [6.07, 6.45) is 3.06. The molecule has 144 valence electrons. The van der Waals surface area contributed by atoms with Gasteiger partial charge < -0.3 is 10.4 Å². The van der Waals surface area contributed by atoms with Crippen LogP contribution in [-0.4, -0.2) is 41.9 Å². The number of carbonyl (C=O) groups excluding carboxylic acids is 1. The van der Waals surface area contributed by atoms with Gasteiger partial charge >= 0.3 is 5.97 Å².